The molecular weight excluding hydrogens is 259 g/mol. The van der Waals surface area contributed by atoms with E-state index in [1.807, 2.05) is 13.8 Å². The number of hydrogen-bond acceptors (Lipinski definition) is 3. The fourth-order valence-corrected chi connectivity index (χ4v) is 2.35. The molecule has 3 N–H and O–H groups in total. The molecule has 1 aromatic rings. The van der Waals surface area contributed by atoms with E-state index in [0.717, 1.165) is 5.56 Å². The van der Waals surface area contributed by atoms with E-state index in [1.54, 1.807) is 12.1 Å². The summed E-state index contributed by atoms with van der Waals surface area (Å²) >= 11 is 0. The van der Waals surface area contributed by atoms with Crippen LogP contribution in [-0.2, 0) is 10.2 Å². The van der Waals surface area contributed by atoms with E-state index < -0.39 is 6.10 Å². The quantitative estimate of drug-likeness (QED) is 0.769. The molecule has 0 aliphatic carbocycles. The fourth-order valence-electron chi connectivity index (χ4n) is 2.35. The highest BCUT2D eigenvalue weighted by Gasteiger charge is 2.29. The molecule has 1 heterocycles. The first-order chi connectivity index (χ1) is 9.38. The Balaban J connectivity index is 1.91. The van der Waals surface area contributed by atoms with Crippen LogP contribution < -0.4 is 10.6 Å². The van der Waals surface area contributed by atoms with Crippen LogP contribution in [0.2, 0.25) is 0 Å². The number of halogens is 1. The Morgan fingerprint density at radius 3 is 2.65 bits per heavy atom. The van der Waals surface area contributed by atoms with Gasteiger partial charge in [-0.05, 0) is 24.1 Å². The predicted octanol–water partition coefficient (Wildman–Crippen LogP) is 0.942. The molecule has 0 aromatic heterocycles. The summed E-state index contributed by atoms with van der Waals surface area (Å²) in [5.41, 5.74) is 0.694. The van der Waals surface area contributed by atoms with Gasteiger partial charge in [0, 0.05) is 18.5 Å². The fraction of sp³-hybridized carbons (Fsp3) is 0.533. The summed E-state index contributed by atoms with van der Waals surface area (Å²) in [5, 5.41) is 15.3. The zero-order chi connectivity index (χ0) is 14.8. The van der Waals surface area contributed by atoms with Crippen LogP contribution in [0.1, 0.15) is 25.8 Å². The van der Waals surface area contributed by atoms with Gasteiger partial charge in [0.2, 0.25) is 5.91 Å². The van der Waals surface area contributed by atoms with Crippen molar-refractivity contribution in [3.05, 3.63) is 35.6 Å². The summed E-state index contributed by atoms with van der Waals surface area (Å²) in [4.78, 5) is 12.0. The minimum Gasteiger partial charge on any atom is -0.392 e. The summed E-state index contributed by atoms with van der Waals surface area (Å²) in [6.45, 7) is 4.92. The second kappa shape index (κ2) is 5.89. The van der Waals surface area contributed by atoms with E-state index in [1.165, 1.54) is 12.1 Å². The number of nitrogens with one attached hydrogen (secondary N) is 2. The first kappa shape index (κ1) is 14.9. The van der Waals surface area contributed by atoms with Gasteiger partial charge in [-0.15, -0.1) is 0 Å². The van der Waals surface area contributed by atoms with Crippen molar-refractivity contribution in [1.29, 1.82) is 0 Å². The maximum atomic E-state index is 12.9. The number of rotatable bonds is 4. The Bertz CT molecular complexity index is 473. The molecular formula is C15H21FN2O2. The van der Waals surface area contributed by atoms with E-state index in [-0.39, 0.29) is 23.2 Å². The van der Waals surface area contributed by atoms with E-state index in [2.05, 4.69) is 10.6 Å². The maximum absolute atomic E-state index is 12.9. The molecule has 2 atom stereocenters. The van der Waals surface area contributed by atoms with Gasteiger partial charge in [0.15, 0.2) is 0 Å². The van der Waals surface area contributed by atoms with E-state index in [4.69, 9.17) is 0 Å². The Morgan fingerprint density at radius 2 is 2.10 bits per heavy atom. The van der Waals surface area contributed by atoms with Crippen molar-refractivity contribution < 1.29 is 14.3 Å². The van der Waals surface area contributed by atoms with Crippen LogP contribution in [0.15, 0.2) is 24.3 Å². The van der Waals surface area contributed by atoms with Crippen LogP contribution in [0.3, 0.4) is 0 Å². The molecule has 2 unspecified atom stereocenters. The van der Waals surface area contributed by atoms with Gasteiger partial charge in [0.05, 0.1) is 12.1 Å². The lowest BCUT2D eigenvalue weighted by atomic mass is 9.84. The number of benzene rings is 1. The number of carbonyl (C=O) groups is 1. The molecule has 1 fully saturated rings. The molecule has 2 rings (SSSR count). The maximum Gasteiger partial charge on any atom is 0.237 e. The first-order valence-corrected chi connectivity index (χ1v) is 6.84. The highest BCUT2D eigenvalue weighted by Crippen LogP contribution is 2.22. The zero-order valence-corrected chi connectivity index (χ0v) is 11.8. The summed E-state index contributed by atoms with van der Waals surface area (Å²) in [5.74, 6) is -0.366. The minimum absolute atomic E-state index is 0.100. The monoisotopic (exact) mass is 280 g/mol. The highest BCUT2D eigenvalue weighted by molar-refractivity contribution is 5.82. The lowest BCUT2D eigenvalue weighted by molar-refractivity contribution is -0.123. The van der Waals surface area contributed by atoms with Gasteiger partial charge in [-0.3, -0.25) is 4.79 Å². The highest BCUT2D eigenvalue weighted by atomic mass is 19.1. The zero-order valence-electron chi connectivity index (χ0n) is 11.8. The van der Waals surface area contributed by atoms with Crippen molar-refractivity contribution in [1.82, 2.24) is 10.6 Å². The molecule has 5 heteroatoms. The van der Waals surface area contributed by atoms with Crippen LogP contribution >= 0.6 is 0 Å². The molecule has 0 radical (unpaired) electrons. The molecule has 1 saturated heterocycles. The second-order valence-electron chi connectivity index (χ2n) is 5.96. The molecule has 1 amide bonds. The van der Waals surface area contributed by atoms with Crippen LogP contribution in [0.5, 0.6) is 0 Å². The first-order valence-electron chi connectivity index (χ1n) is 6.84. The van der Waals surface area contributed by atoms with E-state index in [0.29, 0.717) is 19.5 Å². The SMILES string of the molecule is CC(C)(CNC(=O)C1CC(O)CN1)c1ccc(F)cc1. The second-order valence-corrected chi connectivity index (χ2v) is 5.96. The van der Waals surface area contributed by atoms with Crippen LogP contribution in [0.4, 0.5) is 4.39 Å². The summed E-state index contributed by atoms with van der Waals surface area (Å²) in [6, 6.07) is 5.99. The van der Waals surface area contributed by atoms with Gasteiger partial charge < -0.3 is 15.7 Å². The Kier molecular flexibility index (Phi) is 4.40. The number of carbonyl (C=O) groups excluding carboxylic acids is 1. The summed E-state index contributed by atoms with van der Waals surface area (Å²) in [7, 11) is 0. The third-order valence-corrected chi connectivity index (χ3v) is 3.75. The average Bonchev–Trinajstić information content (AvgIpc) is 2.83. The summed E-state index contributed by atoms with van der Waals surface area (Å²) in [6.07, 6.45) is -0.00105. The third-order valence-electron chi connectivity index (χ3n) is 3.75. The summed E-state index contributed by atoms with van der Waals surface area (Å²) < 4.78 is 12.9. The number of hydrogen-bond donors (Lipinski definition) is 3. The Hall–Kier alpha value is -1.46. The molecule has 110 valence electrons. The van der Waals surface area contributed by atoms with Crippen molar-refractivity contribution in [2.24, 2.45) is 0 Å². The molecule has 1 aliphatic heterocycles. The largest absolute Gasteiger partial charge is 0.392 e. The number of amides is 1. The Labute approximate surface area is 118 Å². The molecule has 0 saturated carbocycles. The topological polar surface area (TPSA) is 61.4 Å². The molecule has 1 aliphatic rings. The van der Waals surface area contributed by atoms with Crippen molar-refractivity contribution in [3.8, 4) is 0 Å². The molecule has 1 aromatic carbocycles. The van der Waals surface area contributed by atoms with Crippen molar-refractivity contribution in [2.45, 2.75) is 37.8 Å². The van der Waals surface area contributed by atoms with E-state index in [9.17, 15) is 14.3 Å². The van der Waals surface area contributed by atoms with Crippen LogP contribution in [0, 0.1) is 5.82 Å². The van der Waals surface area contributed by atoms with Gasteiger partial charge >= 0.3 is 0 Å². The smallest absolute Gasteiger partial charge is 0.237 e. The van der Waals surface area contributed by atoms with Crippen molar-refractivity contribution >= 4 is 5.91 Å². The minimum atomic E-state index is -0.448. The molecule has 20 heavy (non-hydrogen) atoms. The number of β-amino-alcohol motifs (C(OH)–C–C–N with tert-alkyl or cyclic N) is 1. The standard InChI is InChI=1S/C15H21FN2O2/c1-15(2,10-3-5-11(16)6-4-10)9-18-14(20)13-7-12(19)8-17-13/h3-6,12-13,17,19H,7-9H2,1-2H3,(H,18,20). The van der Waals surface area contributed by atoms with E-state index >= 15 is 0 Å². The normalized spacial score (nSPS) is 22.8. The Morgan fingerprint density at radius 1 is 1.45 bits per heavy atom. The average molecular weight is 280 g/mol. The van der Waals surface area contributed by atoms with Crippen LogP contribution in [0.25, 0.3) is 0 Å². The predicted molar refractivity (Wildman–Crippen MR) is 74.9 cm³/mol. The van der Waals surface area contributed by atoms with Crippen molar-refractivity contribution in [3.63, 3.8) is 0 Å². The van der Waals surface area contributed by atoms with Crippen molar-refractivity contribution in [2.75, 3.05) is 13.1 Å². The molecule has 0 spiro atoms. The third kappa shape index (κ3) is 3.55. The molecule has 4 nitrogen and oxygen atoms in total. The number of aliphatic hydroxyl groups excluding tert-OH is 1. The van der Waals surface area contributed by atoms with Gasteiger partial charge in [0.1, 0.15) is 5.82 Å². The van der Waals surface area contributed by atoms with Crippen LogP contribution in [-0.4, -0.2) is 36.2 Å². The lowest BCUT2D eigenvalue weighted by Gasteiger charge is -2.26. The van der Waals surface area contributed by atoms with Gasteiger partial charge in [-0.25, -0.2) is 4.39 Å². The van der Waals surface area contributed by atoms with Gasteiger partial charge in [-0.2, -0.15) is 0 Å². The van der Waals surface area contributed by atoms with Gasteiger partial charge in [-0.1, -0.05) is 26.0 Å². The molecule has 0 bridgehead atoms. The van der Waals surface area contributed by atoms with Gasteiger partial charge in [0.25, 0.3) is 0 Å². The lowest BCUT2D eigenvalue weighted by Crippen LogP contribution is -2.45. The number of aliphatic hydroxyl groups is 1.